The molecule has 1 amide bonds. The summed E-state index contributed by atoms with van der Waals surface area (Å²) in [6, 6.07) is 5.88. The molecule has 1 aromatic heterocycles. The molecule has 21 heavy (non-hydrogen) atoms. The Morgan fingerprint density at radius 1 is 1.29 bits per heavy atom. The lowest BCUT2D eigenvalue weighted by molar-refractivity contribution is 0.101. The predicted octanol–water partition coefficient (Wildman–Crippen LogP) is 5.35. The highest BCUT2D eigenvalue weighted by molar-refractivity contribution is 9.10. The summed E-state index contributed by atoms with van der Waals surface area (Å²) >= 11 is 9.53. The summed E-state index contributed by atoms with van der Waals surface area (Å²) in [4.78, 5) is 12.5. The molecular formula is C16H18BrClN2O. The van der Waals surface area contributed by atoms with Crippen molar-refractivity contribution in [2.75, 3.05) is 5.32 Å². The number of amides is 1. The van der Waals surface area contributed by atoms with Crippen molar-refractivity contribution in [1.82, 2.24) is 4.57 Å². The molecule has 2 aromatic rings. The van der Waals surface area contributed by atoms with Gasteiger partial charge in [0.25, 0.3) is 5.91 Å². The second kappa shape index (κ2) is 6.24. The van der Waals surface area contributed by atoms with Gasteiger partial charge in [-0.25, -0.2) is 0 Å². The van der Waals surface area contributed by atoms with Crippen molar-refractivity contribution in [2.24, 2.45) is 0 Å². The second-order valence-electron chi connectivity index (χ2n) is 5.44. The van der Waals surface area contributed by atoms with Crippen molar-refractivity contribution >= 4 is 39.1 Å². The zero-order valence-corrected chi connectivity index (χ0v) is 14.8. The van der Waals surface area contributed by atoms with Crippen LogP contribution in [0.3, 0.4) is 0 Å². The molecule has 0 spiro atoms. The number of carbonyl (C=O) groups is 1. The number of nitrogens with zero attached hydrogens (tertiary/aromatic N) is 1. The topological polar surface area (TPSA) is 34.0 Å². The Morgan fingerprint density at radius 2 is 1.95 bits per heavy atom. The second-order valence-corrected chi connectivity index (χ2v) is 6.73. The first-order chi connectivity index (χ1) is 9.79. The maximum Gasteiger partial charge on any atom is 0.272 e. The Morgan fingerprint density at radius 3 is 2.52 bits per heavy atom. The van der Waals surface area contributed by atoms with Crippen LogP contribution in [-0.2, 0) is 0 Å². The van der Waals surface area contributed by atoms with Crippen molar-refractivity contribution < 1.29 is 4.79 Å². The third kappa shape index (κ3) is 3.50. The Balaban J connectivity index is 2.35. The van der Waals surface area contributed by atoms with Gasteiger partial charge in [-0.1, -0.05) is 17.7 Å². The molecule has 1 N–H and O–H groups in total. The van der Waals surface area contributed by atoms with Gasteiger partial charge in [-0.15, -0.1) is 0 Å². The van der Waals surface area contributed by atoms with Crippen LogP contribution in [0, 0.1) is 13.8 Å². The number of aryl methyl sites for hydroxylation is 2. The van der Waals surface area contributed by atoms with Gasteiger partial charge in [-0.05, 0) is 66.9 Å². The van der Waals surface area contributed by atoms with Crippen LogP contribution < -0.4 is 5.32 Å². The first-order valence-electron chi connectivity index (χ1n) is 6.75. The lowest BCUT2D eigenvalue weighted by atomic mass is 10.1. The van der Waals surface area contributed by atoms with Crippen LogP contribution >= 0.6 is 27.5 Å². The molecule has 0 saturated heterocycles. The van der Waals surface area contributed by atoms with E-state index in [1.54, 1.807) is 12.3 Å². The number of benzene rings is 1. The van der Waals surface area contributed by atoms with Crippen LogP contribution in [0.4, 0.5) is 5.69 Å². The third-order valence-electron chi connectivity index (χ3n) is 3.27. The molecule has 0 bridgehead atoms. The summed E-state index contributed by atoms with van der Waals surface area (Å²) in [6.45, 7) is 8.02. The normalized spacial score (nSPS) is 11.0. The number of nitrogens with one attached hydrogen (secondary N) is 1. The monoisotopic (exact) mass is 368 g/mol. The average Bonchev–Trinajstić information content (AvgIpc) is 2.76. The summed E-state index contributed by atoms with van der Waals surface area (Å²) in [6.07, 6.45) is 1.78. The van der Waals surface area contributed by atoms with Crippen molar-refractivity contribution in [3.63, 3.8) is 0 Å². The zero-order valence-electron chi connectivity index (χ0n) is 12.5. The van der Waals surface area contributed by atoms with Gasteiger partial charge in [0.1, 0.15) is 5.69 Å². The molecule has 0 aliphatic carbocycles. The van der Waals surface area contributed by atoms with Crippen LogP contribution in [0.5, 0.6) is 0 Å². The lowest BCUT2D eigenvalue weighted by Gasteiger charge is -2.15. The van der Waals surface area contributed by atoms with Crippen LogP contribution in [0.2, 0.25) is 5.02 Å². The molecule has 0 atom stereocenters. The first kappa shape index (κ1) is 16.1. The van der Waals surface area contributed by atoms with E-state index in [1.165, 1.54) is 0 Å². The Kier molecular flexibility index (Phi) is 4.79. The molecule has 0 aliphatic heterocycles. The van der Waals surface area contributed by atoms with E-state index in [0.717, 1.165) is 21.3 Å². The highest BCUT2D eigenvalue weighted by atomic mass is 79.9. The minimum Gasteiger partial charge on any atom is -0.339 e. The van der Waals surface area contributed by atoms with Crippen LogP contribution in [0.1, 0.15) is 41.5 Å². The van der Waals surface area contributed by atoms with Crippen LogP contribution in [0.25, 0.3) is 0 Å². The van der Waals surface area contributed by atoms with E-state index in [1.807, 2.05) is 44.4 Å². The number of anilines is 1. The number of carbonyl (C=O) groups excluding carboxylic acids is 1. The molecule has 2 rings (SSSR count). The molecule has 0 fully saturated rings. The van der Waals surface area contributed by atoms with E-state index in [4.69, 9.17) is 11.6 Å². The predicted molar refractivity (Wildman–Crippen MR) is 91.4 cm³/mol. The van der Waals surface area contributed by atoms with Crippen molar-refractivity contribution in [3.05, 3.63) is 50.7 Å². The molecule has 0 saturated carbocycles. The van der Waals surface area contributed by atoms with Gasteiger partial charge in [-0.2, -0.15) is 0 Å². The summed E-state index contributed by atoms with van der Waals surface area (Å²) in [5, 5.41) is 3.53. The number of halogens is 2. The molecule has 5 heteroatoms. The van der Waals surface area contributed by atoms with Gasteiger partial charge >= 0.3 is 0 Å². The number of hydrogen-bond acceptors (Lipinski definition) is 1. The van der Waals surface area contributed by atoms with Crippen molar-refractivity contribution in [3.8, 4) is 0 Å². The highest BCUT2D eigenvalue weighted by Gasteiger charge is 2.17. The SMILES string of the molecule is Cc1cc(C)c(NC(=O)c2cc(Cl)cn2C(C)C)c(Br)c1. The van der Waals surface area contributed by atoms with Crippen molar-refractivity contribution in [2.45, 2.75) is 33.7 Å². The minimum absolute atomic E-state index is 0.164. The number of hydrogen-bond donors (Lipinski definition) is 1. The first-order valence-corrected chi connectivity index (χ1v) is 7.92. The fraction of sp³-hybridized carbons (Fsp3) is 0.312. The van der Waals surface area contributed by atoms with E-state index < -0.39 is 0 Å². The third-order valence-corrected chi connectivity index (χ3v) is 4.11. The van der Waals surface area contributed by atoms with Gasteiger partial charge in [0, 0.05) is 16.7 Å². The standard InChI is InChI=1S/C16H18BrClN2O/c1-9(2)20-8-12(18)7-14(20)16(21)19-15-11(4)5-10(3)6-13(15)17/h5-9H,1-4H3,(H,19,21). The quantitative estimate of drug-likeness (QED) is 0.777. The summed E-state index contributed by atoms with van der Waals surface area (Å²) in [5.41, 5.74) is 3.51. The fourth-order valence-electron chi connectivity index (χ4n) is 2.31. The maximum absolute atomic E-state index is 12.5. The Bertz CT molecular complexity index is 669. The van der Waals surface area contributed by atoms with Gasteiger partial charge in [0.05, 0.1) is 10.7 Å². The molecule has 0 aliphatic rings. The molecule has 1 aromatic carbocycles. The molecule has 3 nitrogen and oxygen atoms in total. The van der Waals surface area contributed by atoms with Gasteiger partial charge in [-0.3, -0.25) is 4.79 Å². The largest absolute Gasteiger partial charge is 0.339 e. The van der Waals surface area contributed by atoms with Crippen LogP contribution in [-0.4, -0.2) is 10.5 Å². The van der Waals surface area contributed by atoms with Gasteiger partial charge < -0.3 is 9.88 Å². The summed E-state index contributed by atoms with van der Waals surface area (Å²) in [5.74, 6) is -0.164. The van der Waals surface area contributed by atoms with E-state index >= 15 is 0 Å². The molecular weight excluding hydrogens is 352 g/mol. The smallest absolute Gasteiger partial charge is 0.272 e. The zero-order chi connectivity index (χ0) is 15.7. The van der Waals surface area contributed by atoms with E-state index in [9.17, 15) is 4.79 Å². The number of rotatable bonds is 3. The fourth-order valence-corrected chi connectivity index (χ4v) is 3.29. The average molecular weight is 370 g/mol. The van der Waals surface area contributed by atoms with E-state index in [-0.39, 0.29) is 11.9 Å². The van der Waals surface area contributed by atoms with Crippen LogP contribution in [0.15, 0.2) is 28.9 Å². The Hall–Kier alpha value is -1.26. The molecule has 112 valence electrons. The molecule has 0 unspecified atom stereocenters. The molecule has 0 radical (unpaired) electrons. The van der Waals surface area contributed by atoms with Gasteiger partial charge in [0.2, 0.25) is 0 Å². The minimum atomic E-state index is -0.164. The van der Waals surface area contributed by atoms with Crippen molar-refractivity contribution in [1.29, 1.82) is 0 Å². The molecule has 1 heterocycles. The van der Waals surface area contributed by atoms with E-state index in [2.05, 4.69) is 21.2 Å². The maximum atomic E-state index is 12.5. The highest BCUT2D eigenvalue weighted by Crippen LogP contribution is 2.29. The lowest BCUT2D eigenvalue weighted by Crippen LogP contribution is -2.18. The summed E-state index contributed by atoms with van der Waals surface area (Å²) < 4.78 is 2.75. The Labute approximate surface area is 138 Å². The van der Waals surface area contributed by atoms with Gasteiger partial charge in [0.15, 0.2) is 0 Å². The van der Waals surface area contributed by atoms with E-state index in [0.29, 0.717) is 10.7 Å². The summed E-state index contributed by atoms with van der Waals surface area (Å²) in [7, 11) is 0. The number of aromatic nitrogens is 1.